The summed E-state index contributed by atoms with van der Waals surface area (Å²) in [6, 6.07) is 0.156. The van der Waals surface area contributed by atoms with Crippen molar-refractivity contribution in [3.05, 3.63) is 17.1 Å². The first-order valence-electron chi connectivity index (χ1n) is 9.83. The largest absolute Gasteiger partial charge is 0.381 e. The second kappa shape index (κ2) is 7.33. The number of nitrogens with two attached hydrogens (primary N) is 1. The van der Waals surface area contributed by atoms with Crippen LogP contribution >= 0.6 is 0 Å². The molecule has 3 saturated heterocycles. The number of hydrogen-bond acceptors (Lipinski definition) is 7. The Balaban J connectivity index is 1.65. The van der Waals surface area contributed by atoms with Crippen molar-refractivity contribution in [1.29, 1.82) is 0 Å². The Kier molecular flexibility index (Phi) is 5.05. The van der Waals surface area contributed by atoms with Crippen LogP contribution in [0, 0.1) is 13.8 Å². The van der Waals surface area contributed by atoms with E-state index in [1.165, 1.54) is 0 Å². The molecular weight excluding hydrogens is 346 g/mol. The van der Waals surface area contributed by atoms with E-state index in [0.29, 0.717) is 33.0 Å². The van der Waals surface area contributed by atoms with Gasteiger partial charge in [0, 0.05) is 50.1 Å². The van der Waals surface area contributed by atoms with Gasteiger partial charge in [0.25, 0.3) is 5.91 Å². The van der Waals surface area contributed by atoms with Crippen molar-refractivity contribution in [3.8, 4) is 0 Å². The molecule has 0 radical (unpaired) electrons. The van der Waals surface area contributed by atoms with Gasteiger partial charge in [-0.2, -0.15) is 0 Å². The van der Waals surface area contributed by atoms with Crippen LogP contribution in [0.25, 0.3) is 0 Å². The van der Waals surface area contributed by atoms with Crippen molar-refractivity contribution in [3.63, 3.8) is 0 Å². The van der Waals surface area contributed by atoms with E-state index in [4.69, 9.17) is 20.2 Å². The second-order valence-corrected chi connectivity index (χ2v) is 7.92. The highest BCUT2D eigenvalue weighted by Gasteiger charge is 2.44. The highest BCUT2D eigenvalue weighted by molar-refractivity contribution is 5.91. The van der Waals surface area contributed by atoms with Crippen LogP contribution in [0.1, 0.15) is 41.1 Å². The van der Waals surface area contributed by atoms with Crippen LogP contribution in [0.15, 0.2) is 0 Å². The van der Waals surface area contributed by atoms with E-state index in [-0.39, 0.29) is 23.3 Å². The molecule has 1 aromatic rings. The van der Waals surface area contributed by atoms with Crippen molar-refractivity contribution in [1.82, 2.24) is 14.9 Å². The number of anilines is 1. The number of amides is 1. The minimum absolute atomic E-state index is 0.104. The maximum Gasteiger partial charge on any atom is 0.292 e. The minimum atomic E-state index is -0.300. The van der Waals surface area contributed by atoms with Crippen LogP contribution in [0.2, 0.25) is 0 Å². The predicted octanol–water partition coefficient (Wildman–Crippen LogP) is 0.652. The van der Waals surface area contributed by atoms with Crippen LogP contribution in [-0.2, 0) is 9.47 Å². The molecule has 1 aromatic heterocycles. The Bertz CT molecular complexity index is 711. The van der Waals surface area contributed by atoms with Gasteiger partial charge in [-0.3, -0.25) is 4.79 Å². The predicted molar refractivity (Wildman–Crippen MR) is 101 cm³/mol. The molecule has 3 aliphatic heterocycles. The number of carbonyl (C=O) groups excluding carboxylic acids is 1. The number of aromatic nitrogens is 2. The maximum atomic E-state index is 13.4. The zero-order valence-electron chi connectivity index (χ0n) is 16.2. The molecular formula is C19H29N5O3. The van der Waals surface area contributed by atoms with Crippen molar-refractivity contribution < 1.29 is 14.3 Å². The van der Waals surface area contributed by atoms with Gasteiger partial charge in [-0.25, -0.2) is 9.97 Å². The lowest BCUT2D eigenvalue weighted by atomic mass is 9.87. The number of rotatable bonds is 2. The van der Waals surface area contributed by atoms with Gasteiger partial charge in [-0.05, 0) is 33.1 Å². The van der Waals surface area contributed by atoms with Gasteiger partial charge in [0.15, 0.2) is 0 Å². The van der Waals surface area contributed by atoms with Crippen molar-refractivity contribution in [2.75, 3.05) is 51.0 Å². The highest BCUT2D eigenvalue weighted by Crippen LogP contribution is 2.32. The third-order valence-corrected chi connectivity index (χ3v) is 6.15. The number of nitrogens with zero attached hydrogens (tertiary/aromatic N) is 4. The summed E-state index contributed by atoms with van der Waals surface area (Å²) >= 11 is 0. The zero-order valence-corrected chi connectivity index (χ0v) is 16.2. The third-order valence-electron chi connectivity index (χ3n) is 6.15. The van der Waals surface area contributed by atoms with E-state index < -0.39 is 0 Å². The number of morpholine rings is 1. The second-order valence-electron chi connectivity index (χ2n) is 7.92. The monoisotopic (exact) mass is 375 g/mol. The van der Waals surface area contributed by atoms with E-state index in [2.05, 4.69) is 9.88 Å². The summed E-state index contributed by atoms with van der Waals surface area (Å²) in [5.41, 5.74) is 7.64. The summed E-state index contributed by atoms with van der Waals surface area (Å²) < 4.78 is 11.2. The minimum Gasteiger partial charge on any atom is -0.381 e. The van der Waals surface area contributed by atoms with Crippen LogP contribution in [0.5, 0.6) is 0 Å². The lowest BCUT2D eigenvalue weighted by Crippen LogP contribution is -2.61. The van der Waals surface area contributed by atoms with Crippen molar-refractivity contribution >= 4 is 11.7 Å². The first-order chi connectivity index (χ1) is 13.0. The fraction of sp³-hybridized carbons (Fsp3) is 0.737. The van der Waals surface area contributed by atoms with Gasteiger partial charge in [-0.15, -0.1) is 0 Å². The lowest BCUT2D eigenvalue weighted by Gasteiger charge is -2.48. The number of hydrogen-bond donors (Lipinski definition) is 1. The maximum absolute atomic E-state index is 13.4. The normalized spacial score (nSPS) is 25.2. The van der Waals surface area contributed by atoms with E-state index >= 15 is 0 Å². The van der Waals surface area contributed by atoms with Crippen LogP contribution < -0.4 is 10.6 Å². The van der Waals surface area contributed by atoms with Gasteiger partial charge in [-0.1, -0.05) is 0 Å². The molecule has 148 valence electrons. The molecule has 8 heteroatoms. The summed E-state index contributed by atoms with van der Waals surface area (Å²) in [5.74, 6) is 1.02. The standard InChI is InChI=1S/C19H29N5O3/c1-13-14(2)21-16(22-17(13)23-6-3-15(20)11-23)18(25)24-7-10-27-12-19(24)4-8-26-9-5-19/h15H,3-12,20H2,1-2H3/t15-/m1/s1. The topological polar surface area (TPSA) is 93.8 Å². The summed E-state index contributed by atoms with van der Waals surface area (Å²) in [6.07, 6.45) is 2.52. The molecule has 8 nitrogen and oxygen atoms in total. The Morgan fingerprint density at radius 2 is 1.93 bits per heavy atom. The summed E-state index contributed by atoms with van der Waals surface area (Å²) in [4.78, 5) is 26.8. The van der Waals surface area contributed by atoms with Crippen molar-refractivity contribution in [2.24, 2.45) is 5.73 Å². The third kappa shape index (κ3) is 3.41. The lowest BCUT2D eigenvalue weighted by molar-refractivity contribution is -0.0980. The molecule has 27 heavy (non-hydrogen) atoms. The van der Waals surface area contributed by atoms with Gasteiger partial charge in [0.05, 0.1) is 18.8 Å². The van der Waals surface area contributed by atoms with E-state index in [1.807, 2.05) is 18.7 Å². The number of aryl methyl sites for hydroxylation is 1. The summed E-state index contributed by atoms with van der Waals surface area (Å²) in [7, 11) is 0. The van der Waals surface area contributed by atoms with E-state index in [1.54, 1.807) is 0 Å². The SMILES string of the molecule is Cc1nc(C(=O)N2CCOCC23CCOCC3)nc(N2CC[C@@H](N)C2)c1C. The molecule has 0 saturated carbocycles. The van der Waals surface area contributed by atoms with Crippen LogP contribution in [0.3, 0.4) is 0 Å². The molecule has 0 aliphatic carbocycles. The fourth-order valence-corrected chi connectivity index (χ4v) is 4.33. The Labute approximate surface area is 160 Å². The highest BCUT2D eigenvalue weighted by atomic mass is 16.5. The fourth-order valence-electron chi connectivity index (χ4n) is 4.33. The average molecular weight is 375 g/mol. The molecule has 0 bridgehead atoms. The molecule has 4 rings (SSSR count). The molecule has 4 heterocycles. The molecule has 0 unspecified atom stereocenters. The summed E-state index contributed by atoms with van der Waals surface area (Å²) in [6.45, 7) is 8.56. The average Bonchev–Trinajstić information content (AvgIpc) is 3.10. The zero-order chi connectivity index (χ0) is 19.0. The van der Waals surface area contributed by atoms with E-state index in [0.717, 1.165) is 49.4 Å². The summed E-state index contributed by atoms with van der Waals surface area (Å²) in [5, 5.41) is 0. The molecule has 3 aliphatic rings. The van der Waals surface area contributed by atoms with Crippen LogP contribution in [-0.4, -0.2) is 78.4 Å². The van der Waals surface area contributed by atoms with Gasteiger partial charge in [0.2, 0.25) is 5.82 Å². The van der Waals surface area contributed by atoms with Gasteiger partial charge < -0.3 is 25.0 Å². The first kappa shape index (κ1) is 18.6. The molecule has 1 spiro atoms. The first-order valence-corrected chi connectivity index (χ1v) is 9.83. The number of ether oxygens (including phenoxy) is 2. The molecule has 1 amide bonds. The molecule has 2 N–H and O–H groups in total. The van der Waals surface area contributed by atoms with E-state index in [9.17, 15) is 4.79 Å². The van der Waals surface area contributed by atoms with Crippen molar-refractivity contribution in [2.45, 2.75) is 44.7 Å². The Morgan fingerprint density at radius 3 is 2.63 bits per heavy atom. The van der Waals surface area contributed by atoms with Gasteiger partial charge in [0.1, 0.15) is 5.82 Å². The number of carbonyl (C=O) groups is 1. The molecule has 0 aromatic carbocycles. The quantitative estimate of drug-likeness (QED) is 0.811. The molecule has 3 fully saturated rings. The Hall–Kier alpha value is -1.77. The smallest absolute Gasteiger partial charge is 0.292 e. The Morgan fingerprint density at radius 1 is 1.15 bits per heavy atom. The van der Waals surface area contributed by atoms with Crippen LogP contribution in [0.4, 0.5) is 5.82 Å². The molecule has 1 atom stereocenters. The van der Waals surface area contributed by atoms with Gasteiger partial charge >= 0.3 is 0 Å².